The lowest BCUT2D eigenvalue weighted by atomic mass is 10.0. The van der Waals surface area contributed by atoms with Gasteiger partial charge in [0.15, 0.2) is 0 Å². The molecule has 122 valence electrons. The van der Waals surface area contributed by atoms with Gasteiger partial charge in [0.05, 0.1) is 5.60 Å². The lowest BCUT2D eigenvalue weighted by Crippen LogP contribution is -2.34. The zero-order valence-electron chi connectivity index (χ0n) is 13.2. The Morgan fingerprint density at radius 2 is 2.04 bits per heavy atom. The van der Waals surface area contributed by atoms with Crippen molar-refractivity contribution < 1.29 is 9.63 Å². The predicted octanol–water partition coefficient (Wildman–Crippen LogP) is 4.39. The molecule has 23 heavy (non-hydrogen) atoms. The smallest absolute Gasteiger partial charge is 0.268 e. The average molecular weight is 445 g/mol. The molecule has 0 spiro atoms. The third-order valence-corrected chi connectivity index (χ3v) is 4.02. The highest BCUT2D eigenvalue weighted by Gasteiger charge is 2.17. The third kappa shape index (κ3) is 5.44. The summed E-state index contributed by atoms with van der Waals surface area (Å²) in [5.74, 6) is -0.293. The van der Waals surface area contributed by atoms with Gasteiger partial charge in [0.25, 0.3) is 5.91 Å². The zero-order valence-corrected chi connectivity index (χ0v) is 16.1. The van der Waals surface area contributed by atoms with E-state index in [0.29, 0.717) is 17.0 Å². The molecule has 0 saturated heterocycles. The molecule has 6 heteroatoms. The summed E-state index contributed by atoms with van der Waals surface area (Å²) < 4.78 is 1.07. The highest BCUT2D eigenvalue weighted by atomic mass is 127. The molecule has 0 aliphatic carbocycles. The van der Waals surface area contributed by atoms with Crippen LogP contribution in [0.25, 0.3) is 0 Å². The number of hydrogen-bond acceptors (Lipinski definition) is 3. The molecule has 1 amide bonds. The predicted molar refractivity (Wildman–Crippen MR) is 99.5 cm³/mol. The first-order valence-electron chi connectivity index (χ1n) is 7.11. The van der Waals surface area contributed by atoms with E-state index < -0.39 is 5.60 Å². The quantitative estimate of drug-likeness (QED) is 0.562. The molecule has 0 aliphatic rings. The van der Waals surface area contributed by atoms with Crippen LogP contribution in [0.1, 0.15) is 42.3 Å². The third-order valence-electron chi connectivity index (χ3n) is 2.99. The number of benzene rings is 1. The molecule has 4 nitrogen and oxygen atoms in total. The van der Waals surface area contributed by atoms with Gasteiger partial charge in [-0.3, -0.25) is 14.6 Å². The van der Waals surface area contributed by atoms with Crippen molar-refractivity contribution in [1.29, 1.82) is 0 Å². The highest BCUT2D eigenvalue weighted by molar-refractivity contribution is 14.1. The van der Waals surface area contributed by atoms with E-state index in [1.165, 1.54) is 0 Å². The molecule has 1 heterocycles. The summed E-state index contributed by atoms with van der Waals surface area (Å²) in [5, 5.41) is 0.679. The molecule has 0 bridgehead atoms. The number of nitrogens with one attached hydrogen (secondary N) is 1. The van der Waals surface area contributed by atoms with E-state index in [0.717, 1.165) is 14.7 Å². The van der Waals surface area contributed by atoms with E-state index in [-0.39, 0.29) is 5.91 Å². The summed E-state index contributed by atoms with van der Waals surface area (Å²) in [4.78, 5) is 21.8. The molecule has 1 aromatic heterocycles. The van der Waals surface area contributed by atoms with E-state index in [4.69, 9.17) is 16.4 Å². The fraction of sp³-hybridized carbons (Fsp3) is 0.294. The normalized spacial score (nSPS) is 11.3. The van der Waals surface area contributed by atoms with Crippen LogP contribution in [-0.2, 0) is 11.3 Å². The molecule has 0 radical (unpaired) electrons. The second-order valence-electron chi connectivity index (χ2n) is 6.09. The van der Waals surface area contributed by atoms with Crippen LogP contribution in [0.15, 0.2) is 36.7 Å². The van der Waals surface area contributed by atoms with Crippen LogP contribution in [0.4, 0.5) is 0 Å². The van der Waals surface area contributed by atoms with Crippen LogP contribution in [-0.4, -0.2) is 16.5 Å². The first-order valence-corrected chi connectivity index (χ1v) is 8.57. The second kappa shape index (κ2) is 7.59. The van der Waals surface area contributed by atoms with Crippen molar-refractivity contribution in [2.75, 3.05) is 0 Å². The minimum absolute atomic E-state index is 0.293. The number of rotatable bonds is 4. The maximum atomic E-state index is 12.3. The summed E-state index contributed by atoms with van der Waals surface area (Å²) in [7, 11) is 0. The first kappa shape index (κ1) is 18.2. The number of nitrogens with zero attached hydrogens (tertiary/aromatic N) is 1. The molecule has 1 aromatic carbocycles. The van der Waals surface area contributed by atoms with E-state index in [2.05, 4.69) is 33.1 Å². The van der Waals surface area contributed by atoms with Crippen molar-refractivity contribution in [2.45, 2.75) is 32.8 Å². The standard InChI is InChI=1S/C17H18ClIN2O2/c1-17(2,3)23-21-16(22)14-6-7-20-10-12(14)8-11-4-5-13(19)9-15(11)18/h4-7,9-10H,8H2,1-3H3,(H,21,22). The van der Waals surface area contributed by atoms with Crippen molar-refractivity contribution in [3.05, 3.63) is 61.9 Å². The number of halogens is 2. The lowest BCUT2D eigenvalue weighted by molar-refractivity contribution is -0.0590. The van der Waals surface area contributed by atoms with Gasteiger partial charge in [-0.15, -0.1) is 0 Å². The van der Waals surface area contributed by atoms with Crippen molar-refractivity contribution >= 4 is 40.1 Å². The summed E-state index contributed by atoms with van der Waals surface area (Å²) >= 11 is 8.49. The van der Waals surface area contributed by atoms with Crippen molar-refractivity contribution in [3.63, 3.8) is 0 Å². The molecular formula is C17H18ClIN2O2. The van der Waals surface area contributed by atoms with Crippen LogP contribution in [0.2, 0.25) is 5.02 Å². The zero-order chi connectivity index (χ0) is 17.0. The fourth-order valence-electron chi connectivity index (χ4n) is 1.91. The summed E-state index contributed by atoms with van der Waals surface area (Å²) in [5.41, 5.74) is 4.31. The highest BCUT2D eigenvalue weighted by Crippen LogP contribution is 2.23. The number of carbonyl (C=O) groups is 1. The molecule has 0 aliphatic heterocycles. The number of carbonyl (C=O) groups excluding carboxylic acids is 1. The Balaban J connectivity index is 2.22. The minimum atomic E-state index is -0.456. The lowest BCUT2D eigenvalue weighted by Gasteiger charge is -2.19. The van der Waals surface area contributed by atoms with Gasteiger partial charge in [0.1, 0.15) is 0 Å². The Hall–Kier alpha value is -1.18. The maximum absolute atomic E-state index is 12.3. The van der Waals surface area contributed by atoms with Gasteiger partial charge < -0.3 is 0 Å². The Morgan fingerprint density at radius 3 is 2.70 bits per heavy atom. The van der Waals surface area contributed by atoms with Crippen LogP contribution < -0.4 is 5.48 Å². The molecule has 2 rings (SSSR count). The first-order chi connectivity index (χ1) is 10.8. The van der Waals surface area contributed by atoms with Gasteiger partial charge in [0, 0.05) is 33.0 Å². The number of amides is 1. The van der Waals surface area contributed by atoms with Crippen LogP contribution in [0, 0.1) is 3.57 Å². The Kier molecular flexibility index (Phi) is 6.00. The van der Waals surface area contributed by atoms with Gasteiger partial charge in [-0.1, -0.05) is 17.7 Å². The average Bonchev–Trinajstić information content (AvgIpc) is 2.47. The van der Waals surface area contributed by atoms with Gasteiger partial charge in [-0.2, -0.15) is 0 Å². The van der Waals surface area contributed by atoms with E-state index in [1.54, 1.807) is 18.5 Å². The number of hydrogen-bond donors (Lipinski definition) is 1. The number of hydroxylamine groups is 1. The van der Waals surface area contributed by atoms with Crippen LogP contribution in [0.3, 0.4) is 0 Å². The number of aromatic nitrogens is 1. The van der Waals surface area contributed by atoms with Crippen molar-refractivity contribution in [3.8, 4) is 0 Å². The monoisotopic (exact) mass is 444 g/mol. The Bertz CT molecular complexity index is 714. The molecule has 0 atom stereocenters. The van der Waals surface area contributed by atoms with E-state index in [9.17, 15) is 4.79 Å². The van der Waals surface area contributed by atoms with Crippen molar-refractivity contribution in [2.24, 2.45) is 0 Å². The molecule has 0 fully saturated rings. The van der Waals surface area contributed by atoms with Crippen molar-refractivity contribution in [1.82, 2.24) is 10.5 Å². The molecule has 1 N–H and O–H groups in total. The van der Waals surface area contributed by atoms with Crippen LogP contribution in [0.5, 0.6) is 0 Å². The van der Waals surface area contributed by atoms with Gasteiger partial charge >= 0.3 is 0 Å². The largest absolute Gasteiger partial charge is 0.275 e. The molecular weight excluding hydrogens is 427 g/mol. The minimum Gasteiger partial charge on any atom is -0.268 e. The Labute approximate surface area is 154 Å². The van der Waals surface area contributed by atoms with Gasteiger partial charge in [-0.25, -0.2) is 5.48 Å². The molecule has 0 saturated carbocycles. The SMILES string of the molecule is CC(C)(C)ONC(=O)c1ccncc1Cc1ccc(I)cc1Cl. The summed E-state index contributed by atoms with van der Waals surface area (Å²) in [6.45, 7) is 5.60. The second-order valence-corrected chi connectivity index (χ2v) is 7.74. The maximum Gasteiger partial charge on any atom is 0.275 e. The topological polar surface area (TPSA) is 51.2 Å². The number of pyridine rings is 1. The van der Waals surface area contributed by atoms with E-state index in [1.807, 2.05) is 39.0 Å². The Morgan fingerprint density at radius 1 is 1.30 bits per heavy atom. The molecule has 2 aromatic rings. The summed E-state index contributed by atoms with van der Waals surface area (Å²) in [6.07, 6.45) is 3.80. The molecule has 0 unspecified atom stereocenters. The van der Waals surface area contributed by atoms with E-state index >= 15 is 0 Å². The van der Waals surface area contributed by atoms with Gasteiger partial charge in [0.2, 0.25) is 0 Å². The van der Waals surface area contributed by atoms with Gasteiger partial charge in [-0.05, 0) is 72.7 Å². The van der Waals surface area contributed by atoms with Crippen LogP contribution >= 0.6 is 34.2 Å². The summed E-state index contributed by atoms with van der Waals surface area (Å²) in [6, 6.07) is 7.53. The fourth-order valence-corrected chi connectivity index (χ4v) is 2.84.